The third-order valence-corrected chi connectivity index (χ3v) is 2.95. The van der Waals surface area contributed by atoms with Gasteiger partial charge in [-0.3, -0.25) is 0 Å². The van der Waals surface area contributed by atoms with E-state index >= 15 is 0 Å². The number of ether oxygens (including phenoxy) is 1. The fourth-order valence-corrected chi connectivity index (χ4v) is 1.99. The molecule has 2 nitrogen and oxygen atoms in total. The van der Waals surface area contributed by atoms with E-state index in [1.165, 1.54) is 4.88 Å². The van der Waals surface area contributed by atoms with E-state index in [2.05, 4.69) is 11.4 Å². The molecule has 1 N–H and O–H groups in total. The summed E-state index contributed by atoms with van der Waals surface area (Å²) in [6.07, 6.45) is 0.910. The SMILES string of the molecule is Oc1cccc(OCCc2cccs2)c1. The summed E-state index contributed by atoms with van der Waals surface area (Å²) in [6, 6.07) is 11.0. The van der Waals surface area contributed by atoms with Crippen LogP contribution < -0.4 is 4.74 Å². The third-order valence-electron chi connectivity index (χ3n) is 2.01. The molecule has 0 aliphatic carbocycles. The molecule has 0 aliphatic heterocycles. The highest BCUT2D eigenvalue weighted by molar-refractivity contribution is 7.09. The first kappa shape index (κ1) is 10.1. The minimum Gasteiger partial charge on any atom is -0.508 e. The molecule has 0 amide bonds. The molecule has 1 heterocycles. The van der Waals surface area contributed by atoms with Crippen molar-refractivity contribution in [3.63, 3.8) is 0 Å². The van der Waals surface area contributed by atoms with Crippen molar-refractivity contribution in [2.45, 2.75) is 6.42 Å². The quantitative estimate of drug-likeness (QED) is 0.858. The molecule has 0 unspecified atom stereocenters. The second kappa shape index (κ2) is 4.84. The van der Waals surface area contributed by atoms with Crippen LogP contribution in [0.1, 0.15) is 4.88 Å². The summed E-state index contributed by atoms with van der Waals surface area (Å²) in [4.78, 5) is 1.31. The zero-order chi connectivity index (χ0) is 10.5. The lowest BCUT2D eigenvalue weighted by molar-refractivity contribution is 0.321. The second-order valence-electron chi connectivity index (χ2n) is 3.18. The molecule has 78 valence electrons. The number of benzene rings is 1. The van der Waals surface area contributed by atoms with Gasteiger partial charge >= 0.3 is 0 Å². The van der Waals surface area contributed by atoms with Gasteiger partial charge in [0, 0.05) is 17.4 Å². The van der Waals surface area contributed by atoms with Crippen LogP contribution in [-0.4, -0.2) is 11.7 Å². The highest BCUT2D eigenvalue weighted by Crippen LogP contribution is 2.18. The number of phenols is 1. The van der Waals surface area contributed by atoms with E-state index in [0.717, 1.165) is 6.42 Å². The van der Waals surface area contributed by atoms with E-state index in [0.29, 0.717) is 12.4 Å². The fraction of sp³-hybridized carbons (Fsp3) is 0.167. The standard InChI is InChI=1S/C12H12O2S/c13-10-3-1-4-11(9-10)14-7-6-12-5-2-8-15-12/h1-5,8-9,13H,6-7H2. The van der Waals surface area contributed by atoms with Gasteiger partial charge in [0.05, 0.1) is 6.61 Å². The van der Waals surface area contributed by atoms with Crippen LogP contribution in [0.2, 0.25) is 0 Å². The summed E-state index contributed by atoms with van der Waals surface area (Å²) in [5.41, 5.74) is 0. The van der Waals surface area contributed by atoms with Gasteiger partial charge in [0.1, 0.15) is 11.5 Å². The Morgan fingerprint density at radius 2 is 2.13 bits per heavy atom. The summed E-state index contributed by atoms with van der Waals surface area (Å²) in [7, 11) is 0. The van der Waals surface area contributed by atoms with Gasteiger partial charge in [0.15, 0.2) is 0 Å². The van der Waals surface area contributed by atoms with Crippen LogP contribution in [0.15, 0.2) is 41.8 Å². The van der Waals surface area contributed by atoms with E-state index in [1.807, 2.05) is 12.1 Å². The number of hydrogen-bond donors (Lipinski definition) is 1. The first-order valence-electron chi connectivity index (χ1n) is 4.79. The molecule has 0 saturated heterocycles. The molecule has 2 rings (SSSR count). The van der Waals surface area contributed by atoms with Crippen molar-refractivity contribution in [3.05, 3.63) is 46.7 Å². The van der Waals surface area contributed by atoms with E-state index in [1.54, 1.807) is 29.5 Å². The maximum Gasteiger partial charge on any atom is 0.122 e. The minimum atomic E-state index is 0.239. The Morgan fingerprint density at radius 3 is 2.87 bits per heavy atom. The summed E-state index contributed by atoms with van der Waals surface area (Å²) in [6.45, 7) is 0.643. The van der Waals surface area contributed by atoms with E-state index in [4.69, 9.17) is 4.74 Å². The lowest BCUT2D eigenvalue weighted by atomic mass is 10.3. The molecule has 15 heavy (non-hydrogen) atoms. The van der Waals surface area contributed by atoms with Crippen LogP contribution >= 0.6 is 11.3 Å². The van der Waals surface area contributed by atoms with Crippen LogP contribution in [0.3, 0.4) is 0 Å². The summed E-state index contributed by atoms with van der Waals surface area (Å²) < 4.78 is 5.51. The number of thiophene rings is 1. The van der Waals surface area contributed by atoms with Crippen LogP contribution in [0.4, 0.5) is 0 Å². The van der Waals surface area contributed by atoms with Crippen LogP contribution in [-0.2, 0) is 6.42 Å². The molecule has 1 aromatic heterocycles. The van der Waals surface area contributed by atoms with Crippen molar-refractivity contribution in [3.8, 4) is 11.5 Å². The molecular weight excluding hydrogens is 208 g/mol. The molecule has 0 fully saturated rings. The van der Waals surface area contributed by atoms with Crippen LogP contribution in [0.5, 0.6) is 11.5 Å². The lowest BCUT2D eigenvalue weighted by Crippen LogP contribution is -1.99. The molecule has 0 aliphatic rings. The predicted octanol–water partition coefficient (Wildman–Crippen LogP) is 3.08. The molecule has 0 saturated carbocycles. The Balaban J connectivity index is 1.83. The second-order valence-corrected chi connectivity index (χ2v) is 4.21. The average molecular weight is 220 g/mol. The van der Waals surface area contributed by atoms with Gasteiger partial charge in [0.2, 0.25) is 0 Å². The van der Waals surface area contributed by atoms with Gasteiger partial charge < -0.3 is 9.84 Å². The molecule has 1 aromatic carbocycles. The van der Waals surface area contributed by atoms with E-state index in [-0.39, 0.29) is 5.75 Å². The largest absolute Gasteiger partial charge is 0.508 e. The van der Waals surface area contributed by atoms with Gasteiger partial charge in [-0.05, 0) is 23.6 Å². The maximum atomic E-state index is 9.22. The monoisotopic (exact) mass is 220 g/mol. The van der Waals surface area contributed by atoms with Crippen molar-refractivity contribution >= 4 is 11.3 Å². The Labute approximate surface area is 92.8 Å². The number of aromatic hydroxyl groups is 1. The fourth-order valence-electron chi connectivity index (χ4n) is 1.30. The smallest absolute Gasteiger partial charge is 0.122 e. The van der Waals surface area contributed by atoms with Gasteiger partial charge in [-0.15, -0.1) is 11.3 Å². The first-order valence-corrected chi connectivity index (χ1v) is 5.67. The number of rotatable bonds is 4. The van der Waals surface area contributed by atoms with E-state index < -0.39 is 0 Å². The summed E-state index contributed by atoms with van der Waals surface area (Å²) in [5, 5.41) is 11.3. The molecule has 0 atom stereocenters. The molecule has 0 spiro atoms. The number of hydrogen-bond acceptors (Lipinski definition) is 3. The Hall–Kier alpha value is -1.48. The van der Waals surface area contributed by atoms with E-state index in [9.17, 15) is 5.11 Å². The molecule has 0 radical (unpaired) electrons. The van der Waals surface area contributed by atoms with Gasteiger partial charge in [0.25, 0.3) is 0 Å². The van der Waals surface area contributed by atoms with Gasteiger partial charge in [-0.2, -0.15) is 0 Å². The average Bonchev–Trinajstić information content (AvgIpc) is 2.71. The van der Waals surface area contributed by atoms with Crippen molar-refractivity contribution in [2.75, 3.05) is 6.61 Å². The van der Waals surface area contributed by atoms with Crippen molar-refractivity contribution in [2.24, 2.45) is 0 Å². The van der Waals surface area contributed by atoms with Gasteiger partial charge in [-0.25, -0.2) is 0 Å². The lowest BCUT2D eigenvalue weighted by Gasteiger charge is -2.04. The normalized spacial score (nSPS) is 10.1. The first-order chi connectivity index (χ1) is 7.34. The maximum absolute atomic E-state index is 9.22. The Morgan fingerprint density at radius 1 is 1.20 bits per heavy atom. The van der Waals surface area contributed by atoms with Crippen molar-refractivity contribution < 1.29 is 9.84 Å². The van der Waals surface area contributed by atoms with Crippen molar-refractivity contribution in [1.29, 1.82) is 0 Å². The Bertz CT molecular complexity index is 409. The molecular formula is C12H12O2S. The van der Waals surface area contributed by atoms with Crippen LogP contribution in [0.25, 0.3) is 0 Å². The number of phenolic OH excluding ortho intramolecular Hbond substituents is 1. The highest BCUT2D eigenvalue weighted by Gasteiger charge is 1.97. The predicted molar refractivity (Wildman–Crippen MR) is 61.6 cm³/mol. The third kappa shape index (κ3) is 2.99. The van der Waals surface area contributed by atoms with Gasteiger partial charge in [-0.1, -0.05) is 12.1 Å². The molecule has 0 bridgehead atoms. The minimum absolute atomic E-state index is 0.239. The van der Waals surface area contributed by atoms with Crippen molar-refractivity contribution in [1.82, 2.24) is 0 Å². The zero-order valence-electron chi connectivity index (χ0n) is 8.22. The molecule has 3 heteroatoms. The zero-order valence-corrected chi connectivity index (χ0v) is 9.04. The summed E-state index contributed by atoms with van der Waals surface area (Å²) in [5.74, 6) is 0.954. The molecule has 2 aromatic rings. The summed E-state index contributed by atoms with van der Waals surface area (Å²) >= 11 is 1.73. The highest BCUT2D eigenvalue weighted by atomic mass is 32.1. The topological polar surface area (TPSA) is 29.5 Å². The Kier molecular flexibility index (Phi) is 3.25. The van der Waals surface area contributed by atoms with Crippen LogP contribution in [0, 0.1) is 0 Å².